The Balaban J connectivity index is 2.04. The van der Waals surface area contributed by atoms with E-state index in [1.807, 2.05) is 6.20 Å². The van der Waals surface area contributed by atoms with Crippen LogP contribution in [-0.4, -0.2) is 28.7 Å². The Kier molecular flexibility index (Phi) is 4.64. The summed E-state index contributed by atoms with van der Waals surface area (Å²) in [5, 5.41) is 0. The number of hydrogen-bond donors (Lipinski definition) is 1. The minimum absolute atomic E-state index is 0.366. The van der Waals surface area contributed by atoms with Gasteiger partial charge in [-0.05, 0) is 18.8 Å². The summed E-state index contributed by atoms with van der Waals surface area (Å²) < 4.78 is 2.28. The zero-order chi connectivity index (χ0) is 13.0. The number of rotatable bonds is 5. The molecule has 2 N–H and O–H groups in total. The van der Waals surface area contributed by atoms with Crippen LogP contribution in [0, 0.1) is 5.92 Å². The molecule has 18 heavy (non-hydrogen) atoms. The first-order chi connectivity index (χ1) is 8.76. The predicted octanol–water partition coefficient (Wildman–Crippen LogP) is 2.25. The van der Waals surface area contributed by atoms with Crippen molar-refractivity contribution in [3.63, 3.8) is 0 Å². The summed E-state index contributed by atoms with van der Waals surface area (Å²) in [5.74, 6) is 1.74. The molecule has 0 aromatic carbocycles. The van der Waals surface area contributed by atoms with Crippen molar-refractivity contribution in [2.75, 3.05) is 18.0 Å². The van der Waals surface area contributed by atoms with Crippen LogP contribution in [0.15, 0.2) is 12.4 Å². The van der Waals surface area contributed by atoms with Gasteiger partial charge >= 0.3 is 0 Å². The van der Waals surface area contributed by atoms with E-state index in [1.165, 1.54) is 12.8 Å². The van der Waals surface area contributed by atoms with Crippen LogP contribution in [0.5, 0.6) is 0 Å². The lowest BCUT2D eigenvalue weighted by atomic mass is 9.91. The second-order valence-corrected chi connectivity index (χ2v) is 5.34. The molecule has 102 valence electrons. The maximum Gasteiger partial charge on any atom is 0.205 e. The molecule has 0 radical (unpaired) electrons. The van der Waals surface area contributed by atoms with Gasteiger partial charge in [0.15, 0.2) is 0 Å². The molecule has 4 nitrogen and oxygen atoms in total. The van der Waals surface area contributed by atoms with E-state index >= 15 is 0 Å². The molecular formula is C14H26N4. The van der Waals surface area contributed by atoms with E-state index in [4.69, 9.17) is 5.73 Å². The van der Waals surface area contributed by atoms with Crippen LogP contribution in [0.1, 0.15) is 39.5 Å². The molecule has 2 atom stereocenters. The van der Waals surface area contributed by atoms with Crippen LogP contribution >= 0.6 is 0 Å². The van der Waals surface area contributed by atoms with Crippen LogP contribution in [0.2, 0.25) is 0 Å². The second-order valence-electron chi connectivity index (χ2n) is 5.34. The minimum Gasteiger partial charge on any atom is -0.342 e. The highest BCUT2D eigenvalue weighted by atomic mass is 15.3. The van der Waals surface area contributed by atoms with E-state index in [0.29, 0.717) is 12.0 Å². The molecular weight excluding hydrogens is 224 g/mol. The lowest BCUT2D eigenvalue weighted by Crippen LogP contribution is -2.47. The first-order valence-electron chi connectivity index (χ1n) is 7.27. The third-order valence-corrected chi connectivity index (χ3v) is 4.05. The Morgan fingerprint density at radius 2 is 2.28 bits per heavy atom. The molecule has 2 rings (SSSR count). The highest BCUT2D eigenvalue weighted by Gasteiger charge is 2.27. The number of piperidine rings is 1. The van der Waals surface area contributed by atoms with E-state index in [9.17, 15) is 0 Å². The number of aromatic nitrogens is 2. The van der Waals surface area contributed by atoms with Crippen molar-refractivity contribution in [2.24, 2.45) is 11.7 Å². The molecule has 1 fully saturated rings. The van der Waals surface area contributed by atoms with Crippen LogP contribution in [0.4, 0.5) is 5.95 Å². The summed E-state index contributed by atoms with van der Waals surface area (Å²) in [6.45, 7) is 7.63. The van der Waals surface area contributed by atoms with E-state index in [2.05, 4.69) is 34.5 Å². The Morgan fingerprint density at radius 1 is 1.44 bits per heavy atom. The number of nitrogens with zero attached hydrogens (tertiary/aromatic N) is 3. The van der Waals surface area contributed by atoms with E-state index in [-0.39, 0.29) is 0 Å². The number of hydrogen-bond acceptors (Lipinski definition) is 3. The van der Waals surface area contributed by atoms with Crippen molar-refractivity contribution in [1.29, 1.82) is 0 Å². The molecule has 0 saturated carbocycles. The van der Waals surface area contributed by atoms with Gasteiger partial charge in [0.05, 0.1) is 0 Å². The summed E-state index contributed by atoms with van der Waals surface area (Å²) in [7, 11) is 0. The number of unbranched alkanes of at least 4 members (excludes halogenated alkanes) is 1. The van der Waals surface area contributed by atoms with Gasteiger partial charge in [-0.1, -0.05) is 26.7 Å². The summed E-state index contributed by atoms with van der Waals surface area (Å²) in [6.07, 6.45) is 8.70. The van der Waals surface area contributed by atoms with Crippen molar-refractivity contribution in [3.8, 4) is 0 Å². The van der Waals surface area contributed by atoms with Crippen molar-refractivity contribution in [1.82, 2.24) is 9.55 Å². The first-order valence-corrected chi connectivity index (χ1v) is 7.27. The Morgan fingerprint density at radius 3 is 3.00 bits per heavy atom. The number of nitrogens with two attached hydrogens (primary N) is 1. The van der Waals surface area contributed by atoms with Crippen molar-refractivity contribution < 1.29 is 0 Å². The SMILES string of the molecule is CCCCn1ccnc1N1CCC(N)C(CC)C1. The van der Waals surface area contributed by atoms with Crippen molar-refractivity contribution in [3.05, 3.63) is 12.4 Å². The fourth-order valence-corrected chi connectivity index (χ4v) is 2.75. The molecule has 4 heteroatoms. The number of anilines is 1. The van der Waals surface area contributed by atoms with Gasteiger partial charge in [0.2, 0.25) is 5.95 Å². The monoisotopic (exact) mass is 250 g/mol. The molecule has 0 bridgehead atoms. The molecule has 0 spiro atoms. The molecule has 1 aromatic heterocycles. The third kappa shape index (κ3) is 2.86. The minimum atomic E-state index is 0.366. The predicted molar refractivity (Wildman–Crippen MR) is 75.7 cm³/mol. The topological polar surface area (TPSA) is 47.1 Å². The molecule has 1 aliphatic rings. The lowest BCUT2D eigenvalue weighted by molar-refractivity contribution is 0.343. The van der Waals surface area contributed by atoms with E-state index in [1.54, 1.807) is 0 Å². The maximum atomic E-state index is 6.17. The highest BCUT2D eigenvalue weighted by Crippen LogP contribution is 2.23. The molecule has 1 aliphatic heterocycles. The van der Waals surface area contributed by atoms with Gasteiger partial charge in [0, 0.05) is 38.1 Å². The van der Waals surface area contributed by atoms with Gasteiger partial charge in [0.1, 0.15) is 0 Å². The van der Waals surface area contributed by atoms with Crippen LogP contribution in [-0.2, 0) is 6.54 Å². The zero-order valence-corrected chi connectivity index (χ0v) is 11.7. The summed E-state index contributed by atoms with van der Waals surface area (Å²) in [5.41, 5.74) is 6.17. The Labute approximate surface area is 110 Å². The van der Waals surface area contributed by atoms with E-state index in [0.717, 1.165) is 38.4 Å². The number of aryl methyl sites for hydroxylation is 1. The number of imidazole rings is 1. The average Bonchev–Trinajstić information content (AvgIpc) is 2.85. The third-order valence-electron chi connectivity index (χ3n) is 4.05. The maximum absolute atomic E-state index is 6.17. The lowest BCUT2D eigenvalue weighted by Gasteiger charge is -2.37. The molecule has 0 amide bonds. The Hall–Kier alpha value is -1.03. The molecule has 0 aliphatic carbocycles. The molecule has 2 heterocycles. The van der Waals surface area contributed by atoms with Gasteiger partial charge in [0.25, 0.3) is 0 Å². The summed E-state index contributed by atoms with van der Waals surface area (Å²) >= 11 is 0. The van der Waals surface area contributed by atoms with Gasteiger partial charge in [-0.3, -0.25) is 0 Å². The smallest absolute Gasteiger partial charge is 0.205 e. The van der Waals surface area contributed by atoms with Gasteiger partial charge in [-0.25, -0.2) is 4.98 Å². The fourth-order valence-electron chi connectivity index (χ4n) is 2.75. The van der Waals surface area contributed by atoms with Crippen LogP contribution < -0.4 is 10.6 Å². The first kappa shape index (κ1) is 13.4. The quantitative estimate of drug-likeness (QED) is 0.872. The standard InChI is InChI=1S/C14H26N4/c1-3-5-8-17-10-7-16-14(17)18-9-6-13(15)12(4-2)11-18/h7,10,12-13H,3-6,8-9,11,15H2,1-2H3. The van der Waals surface area contributed by atoms with Gasteiger partial charge in [-0.15, -0.1) is 0 Å². The van der Waals surface area contributed by atoms with Crippen LogP contribution in [0.3, 0.4) is 0 Å². The molecule has 1 saturated heterocycles. The second kappa shape index (κ2) is 6.23. The highest BCUT2D eigenvalue weighted by molar-refractivity contribution is 5.32. The normalized spacial score (nSPS) is 24.5. The Bertz CT molecular complexity index is 360. The van der Waals surface area contributed by atoms with E-state index < -0.39 is 0 Å². The van der Waals surface area contributed by atoms with Crippen LogP contribution in [0.25, 0.3) is 0 Å². The fraction of sp³-hybridized carbons (Fsp3) is 0.786. The zero-order valence-electron chi connectivity index (χ0n) is 11.7. The average molecular weight is 250 g/mol. The largest absolute Gasteiger partial charge is 0.342 e. The van der Waals surface area contributed by atoms with Gasteiger partial charge < -0.3 is 15.2 Å². The summed E-state index contributed by atoms with van der Waals surface area (Å²) in [4.78, 5) is 6.94. The van der Waals surface area contributed by atoms with Gasteiger partial charge in [-0.2, -0.15) is 0 Å². The molecule has 2 unspecified atom stereocenters. The summed E-state index contributed by atoms with van der Waals surface area (Å²) in [6, 6.07) is 0.366. The molecule has 1 aromatic rings. The van der Waals surface area contributed by atoms with Crippen molar-refractivity contribution >= 4 is 5.95 Å². The van der Waals surface area contributed by atoms with Crippen molar-refractivity contribution in [2.45, 2.75) is 52.1 Å².